The molecule has 35 heavy (non-hydrogen) atoms. The number of rotatable bonds is 13. The normalized spacial score (nSPS) is 13.7. The van der Waals surface area contributed by atoms with Crippen LogP contribution in [0.4, 0.5) is 0 Å². The van der Waals surface area contributed by atoms with Crippen molar-refractivity contribution >= 4 is 0 Å². The molecule has 0 bridgehead atoms. The number of aliphatic hydroxyl groups excluding tert-OH is 3. The van der Waals surface area contributed by atoms with E-state index in [0.717, 1.165) is 39.5 Å². The Morgan fingerprint density at radius 3 is 1.31 bits per heavy atom. The molecule has 6 heteroatoms. The fraction of sp³-hybridized carbons (Fsp3) is 0.379. The van der Waals surface area contributed by atoms with Crippen LogP contribution in [0.3, 0.4) is 0 Å². The molecule has 3 unspecified atom stereocenters. The van der Waals surface area contributed by atoms with Crippen LogP contribution in [-0.4, -0.2) is 53.5 Å². The molecular formula is C29H36O6. The zero-order chi connectivity index (χ0) is 25.2. The lowest BCUT2D eigenvalue weighted by Crippen LogP contribution is -2.16. The van der Waals surface area contributed by atoms with Crippen molar-refractivity contribution in [2.75, 3.05) is 19.8 Å². The molecule has 3 aromatic rings. The van der Waals surface area contributed by atoms with Crippen LogP contribution in [0, 0.1) is 0 Å². The molecule has 0 aliphatic heterocycles. The minimum absolute atomic E-state index is 0.171. The van der Waals surface area contributed by atoms with Gasteiger partial charge in [-0.2, -0.15) is 0 Å². The summed E-state index contributed by atoms with van der Waals surface area (Å²) in [4.78, 5) is 0. The number of benzene rings is 3. The van der Waals surface area contributed by atoms with E-state index in [2.05, 4.69) is 0 Å². The lowest BCUT2D eigenvalue weighted by atomic mass is 9.96. The predicted octanol–water partition coefficient (Wildman–Crippen LogP) is 4.15. The molecule has 0 saturated carbocycles. The summed E-state index contributed by atoms with van der Waals surface area (Å²) >= 11 is 0. The number of para-hydroxylation sites is 3. The van der Waals surface area contributed by atoms with Crippen molar-refractivity contribution in [2.45, 2.75) is 51.9 Å². The molecule has 3 aromatic carbocycles. The Balaban J connectivity index is 1.93. The minimum atomic E-state index is -0.612. The van der Waals surface area contributed by atoms with E-state index >= 15 is 0 Å². The fourth-order valence-electron chi connectivity index (χ4n) is 3.72. The molecule has 0 aromatic heterocycles. The van der Waals surface area contributed by atoms with Crippen LogP contribution in [0.2, 0.25) is 0 Å². The van der Waals surface area contributed by atoms with E-state index < -0.39 is 18.3 Å². The Kier molecular flexibility index (Phi) is 9.97. The highest BCUT2D eigenvalue weighted by atomic mass is 16.5. The van der Waals surface area contributed by atoms with Gasteiger partial charge in [-0.05, 0) is 55.2 Å². The minimum Gasteiger partial charge on any atom is -0.491 e. The first-order valence-electron chi connectivity index (χ1n) is 12.0. The van der Waals surface area contributed by atoms with Crippen molar-refractivity contribution in [3.05, 3.63) is 89.0 Å². The highest BCUT2D eigenvalue weighted by Gasteiger charge is 2.16. The van der Waals surface area contributed by atoms with E-state index in [0.29, 0.717) is 12.8 Å². The third-order valence-electron chi connectivity index (χ3n) is 5.31. The standard InChI is InChI=1S/C29H36O6/c1-20(30)17-33-27-13-6-4-9-23(27)15-25-11-8-12-26(29(25)35-19-22(3)32)16-24-10-5-7-14-28(24)34-18-21(2)31/h4-14,20-22,30-32H,15-19H2,1-3H3. The van der Waals surface area contributed by atoms with Crippen LogP contribution in [0.5, 0.6) is 17.2 Å². The van der Waals surface area contributed by atoms with E-state index in [4.69, 9.17) is 14.2 Å². The average Bonchev–Trinajstić information content (AvgIpc) is 2.82. The summed E-state index contributed by atoms with van der Waals surface area (Å²) in [6.07, 6.45) is -0.600. The second kappa shape index (κ2) is 13.1. The Bertz CT molecular complexity index is 985. The van der Waals surface area contributed by atoms with Crippen LogP contribution in [0.15, 0.2) is 66.7 Å². The molecule has 0 amide bonds. The predicted molar refractivity (Wildman–Crippen MR) is 136 cm³/mol. The topological polar surface area (TPSA) is 88.4 Å². The van der Waals surface area contributed by atoms with Gasteiger partial charge in [0, 0.05) is 12.8 Å². The Hall–Kier alpha value is -3.06. The van der Waals surface area contributed by atoms with Gasteiger partial charge in [-0.25, -0.2) is 0 Å². The highest BCUT2D eigenvalue weighted by Crippen LogP contribution is 2.33. The van der Waals surface area contributed by atoms with E-state index in [9.17, 15) is 15.3 Å². The molecule has 0 heterocycles. The first kappa shape index (κ1) is 26.5. The molecule has 3 atom stereocenters. The maximum Gasteiger partial charge on any atom is 0.126 e. The van der Waals surface area contributed by atoms with Crippen LogP contribution in [-0.2, 0) is 12.8 Å². The fourth-order valence-corrected chi connectivity index (χ4v) is 3.72. The lowest BCUT2D eigenvalue weighted by Gasteiger charge is -2.19. The Labute approximate surface area is 207 Å². The molecule has 3 N–H and O–H groups in total. The van der Waals surface area contributed by atoms with E-state index in [1.54, 1.807) is 20.8 Å². The second-order valence-corrected chi connectivity index (χ2v) is 8.95. The molecule has 0 fully saturated rings. The van der Waals surface area contributed by atoms with Crippen molar-refractivity contribution in [1.29, 1.82) is 0 Å². The van der Waals surface area contributed by atoms with Gasteiger partial charge in [-0.3, -0.25) is 0 Å². The molecule has 0 radical (unpaired) electrons. The van der Waals surface area contributed by atoms with Gasteiger partial charge in [0.1, 0.15) is 37.1 Å². The van der Waals surface area contributed by atoms with Gasteiger partial charge in [-0.15, -0.1) is 0 Å². The van der Waals surface area contributed by atoms with Crippen molar-refractivity contribution < 1.29 is 29.5 Å². The quantitative estimate of drug-likeness (QED) is 0.341. The smallest absolute Gasteiger partial charge is 0.126 e. The second-order valence-electron chi connectivity index (χ2n) is 8.95. The van der Waals surface area contributed by atoms with E-state index in [-0.39, 0.29) is 19.8 Å². The molecule has 6 nitrogen and oxygen atoms in total. The zero-order valence-corrected chi connectivity index (χ0v) is 20.7. The van der Waals surface area contributed by atoms with E-state index in [1.165, 1.54) is 0 Å². The number of hydrogen-bond donors (Lipinski definition) is 3. The average molecular weight is 481 g/mol. The van der Waals surface area contributed by atoms with Gasteiger partial charge in [0.05, 0.1) is 18.3 Å². The monoisotopic (exact) mass is 480 g/mol. The summed E-state index contributed by atoms with van der Waals surface area (Å²) in [5.41, 5.74) is 3.90. The maximum absolute atomic E-state index is 9.89. The first-order chi connectivity index (χ1) is 16.8. The summed E-state index contributed by atoms with van der Waals surface area (Å²) in [6.45, 7) is 5.68. The van der Waals surface area contributed by atoms with Crippen molar-refractivity contribution in [2.24, 2.45) is 0 Å². The summed E-state index contributed by atoms with van der Waals surface area (Å²) in [6, 6.07) is 21.6. The largest absolute Gasteiger partial charge is 0.491 e. The van der Waals surface area contributed by atoms with Gasteiger partial charge < -0.3 is 29.5 Å². The highest BCUT2D eigenvalue weighted by molar-refractivity contribution is 5.49. The molecule has 0 aliphatic rings. The molecule has 0 saturated heterocycles. The van der Waals surface area contributed by atoms with Gasteiger partial charge in [0.15, 0.2) is 0 Å². The Morgan fingerprint density at radius 2 is 0.886 bits per heavy atom. The lowest BCUT2D eigenvalue weighted by molar-refractivity contribution is 0.121. The SMILES string of the molecule is CC(O)COc1ccccc1Cc1cccc(Cc2ccccc2OCC(C)O)c1OCC(C)O. The molecule has 0 spiro atoms. The van der Waals surface area contributed by atoms with Crippen molar-refractivity contribution in [3.63, 3.8) is 0 Å². The first-order valence-corrected chi connectivity index (χ1v) is 12.0. The molecular weight excluding hydrogens is 444 g/mol. The van der Waals surface area contributed by atoms with Gasteiger partial charge in [0.2, 0.25) is 0 Å². The molecule has 3 rings (SSSR count). The zero-order valence-electron chi connectivity index (χ0n) is 20.7. The van der Waals surface area contributed by atoms with Crippen LogP contribution in [0.25, 0.3) is 0 Å². The van der Waals surface area contributed by atoms with E-state index in [1.807, 2.05) is 66.7 Å². The molecule has 0 aliphatic carbocycles. The summed E-state index contributed by atoms with van der Waals surface area (Å²) in [5, 5.41) is 29.2. The van der Waals surface area contributed by atoms with Gasteiger partial charge >= 0.3 is 0 Å². The summed E-state index contributed by atoms with van der Waals surface area (Å²) < 4.78 is 17.8. The Morgan fingerprint density at radius 1 is 0.514 bits per heavy atom. The van der Waals surface area contributed by atoms with Gasteiger partial charge in [-0.1, -0.05) is 54.6 Å². The number of ether oxygens (including phenoxy) is 3. The van der Waals surface area contributed by atoms with Gasteiger partial charge in [0.25, 0.3) is 0 Å². The third-order valence-corrected chi connectivity index (χ3v) is 5.31. The number of hydrogen-bond acceptors (Lipinski definition) is 6. The third kappa shape index (κ3) is 8.28. The number of aliphatic hydroxyl groups is 3. The van der Waals surface area contributed by atoms with Crippen molar-refractivity contribution in [1.82, 2.24) is 0 Å². The van der Waals surface area contributed by atoms with Crippen LogP contribution in [0.1, 0.15) is 43.0 Å². The van der Waals surface area contributed by atoms with Crippen LogP contribution < -0.4 is 14.2 Å². The maximum atomic E-state index is 9.89. The van der Waals surface area contributed by atoms with Crippen molar-refractivity contribution in [3.8, 4) is 17.2 Å². The van der Waals surface area contributed by atoms with Crippen LogP contribution >= 0.6 is 0 Å². The summed E-state index contributed by atoms with van der Waals surface area (Å²) in [5.74, 6) is 2.17. The summed E-state index contributed by atoms with van der Waals surface area (Å²) in [7, 11) is 0. The molecule has 188 valence electrons.